The Morgan fingerprint density at radius 1 is 1.43 bits per heavy atom. The molecule has 1 fully saturated rings. The van der Waals surface area contributed by atoms with Crippen LogP contribution in [-0.2, 0) is 4.74 Å². The molecule has 5 nitrogen and oxygen atoms in total. The maximum atomic E-state index is 12.3. The number of thioether (sulfide) groups is 1. The van der Waals surface area contributed by atoms with Crippen LogP contribution in [0.4, 0.5) is 0 Å². The summed E-state index contributed by atoms with van der Waals surface area (Å²) in [6, 6.07) is 6.83. The van der Waals surface area contributed by atoms with Crippen molar-refractivity contribution in [3.8, 4) is 17.0 Å². The van der Waals surface area contributed by atoms with Gasteiger partial charge in [0, 0.05) is 22.1 Å². The summed E-state index contributed by atoms with van der Waals surface area (Å²) in [5, 5.41) is 10.5. The van der Waals surface area contributed by atoms with Crippen LogP contribution < -0.4 is 5.56 Å². The van der Waals surface area contributed by atoms with Crippen LogP contribution in [0.25, 0.3) is 11.1 Å². The third-order valence-corrected chi connectivity index (χ3v) is 4.51. The van der Waals surface area contributed by atoms with Gasteiger partial charge < -0.3 is 14.8 Å². The van der Waals surface area contributed by atoms with Crippen LogP contribution in [0.15, 0.2) is 29.1 Å². The fourth-order valence-corrected chi connectivity index (χ4v) is 3.26. The van der Waals surface area contributed by atoms with Crippen molar-refractivity contribution < 1.29 is 9.84 Å². The first-order valence-electron chi connectivity index (χ1n) is 6.44. The molecule has 7 heteroatoms. The van der Waals surface area contributed by atoms with E-state index < -0.39 is 5.56 Å². The molecule has 0 aliphatic carbocycles. The number of aromatic hydroxyl groups is 1. The van der Waals surface area contributed by atoms with Crippen molar-refractivity contribution in [3.05, 3.63) is 45.5 Å². The highest BCUT2D eigenvalue weighted by Gasteiger charge is 2.22. The van der Waals surface area contributed by atoms with Gasteiger partial charge in [0.05, 0.1) is 6.61 Å². The molecule has 0 saturated carbocycles. The van der Waals surface area contributed by atoms with Gasteiger partial charge in [-0.3, -0.25) is 4.79 Å². The molecule has 2 aromatic rings. The Kier molecular flexibility index (Phi) is 4.19. The summed E-state index contributed by atoms with van der Waals surface area (Å²) < 4.78 is 5.55. The second kappa shape index (κ2) is 6.09. The molecule has 1 atom stereocenters. The van der Waals surface area contributed by atoms with E-state index in [1.54, 1.807) is 36.0 Å². The molecule has 3 rings (SSSR count). The van der Waals surface area contributed by atoms with Gasteiger partial charge in [-0.25, -0.2) is 0 Å². The number of hydrogen-bond acceptors (Lipinski definition) is 5. The van der Waals surface area contributed by atoms with E-state index in [1.807, 2.05) is 0 Å². The number of aromatic amines is 1. The summed E-state index contributed by atoms with van der Waals surface area (Å²) in [4.78, 5) is 19.0. The quantitative estimate of drug-likeness (QED) is 0.888. The van der Waals surface area contributed by atoms with Crippen molar-refractivity contribution in [1.82, 2.24) is 9.97 Å². The highest BCUT2D eigenvalue weighted by atomic mass is 35.5. The number of aromatic nitrogens is 2. The summed E-state index contributed by atoms with van der Waals surface area (Å²) in [6.45, 7) is 0.603. The molecule has 0 spiro atoms. The van der Waals surface area contributed by atoms with Gasteiger partial charge in [0.15, 0.2) is 0 Å². The Morgan fingerprint density at radius 3 is 2.90 bits per heavy atom. The lowest BCUT2D eigenvalue weighted by Crippen LogP contribution is -2.22. The van der Waals surface area contributed by atoms with Crippen LogP contribution in [0.1, 0.15) is 11.9 Å². The maximum Gasteiger partial charge on any atom is 0.262 e. The summed E-state index contributed by atoms with van der Waals surface area (Å²) >= 11 is 7.79. The molecule has 0 radical (unpaired) electrons. The van der Waals surface area contributed by atoms with Crippen LogP contribution in [-0.4, -0.2) is 33.2 Å². The fraction of sp³-hybridized carbons (Fsp3) is 0.286. The van der Waals surface area contributed by atoms with Crippen LogP contribution in [0.3, 0.4) is 0 Å². The Morgan fingerprint density at radius 2 is 2.24 bits per heavy atom. The van der Waals surface area contributed by atoms with Crippen molar-refractivity contribution in [2.24, 2.45) is 0 Å². The first kappa shape index (κ1) is 14.4. The van der Waals surface area contributed by atoms with Crippen molar-refractivity contribution >= 4 is 23.4 Å². The van der Waals surface area contributed by atoms with Gasteiger partial charge in [0.25, 0.3) is 5.56 Å². The SMILES string of the molecule is O=c1[nH]c(C2CSCCO2)nc(O)c1-c1ccccc1Cl. The molecule has 21 heavy (non-hydrogen) atoms. The van der Waals surface area contributed by atoms with E-state index in [0.29, 0.717) is 28.8 Å². The predicted octanol–water partition coefficient (Wildman–Crippen LogP) is 2.60. The zero-order chi connectivity index (χ0) is 14.8. The number of nitrogens with zero attached hydrogens (tertiary/aromatic N) is 1. The number of nitrogens with one attached hydrogen (secondary N) is 1. The number of ether oxygens (including phenoxy) is 1. The number of benzene rings is 1. The smallest absolute Gasteiger partial charge is 0.262 e. The number of hydrogen-bond donors (Lipinski definition) is 2. The largest absolute Gasteiger partial charge is 0.493 e. The van der Waals surface area contributed by atoms with E-state index >= 15 is 0 Å². The second-order valence-electron chi connectivity index (χ2n) is 4.56. The first-order valence-corrected chi connectivity index (χ1v) is 7.97. The Hall–Kier alpha value is -1.50. The summed E-state index contributed by atoms with van der Waals surface area (Å²) in [5.41, 5.74) is 0.105. The van der Waals surface area contributed by atoms with Crippen LogP contribution in [0.5, 0.6) is 5.88 Å². The zero-order valence-corrected chi connectivity index (χ0v) is 12.6. The summed E-state index contributed by atoms with van der Waals surface area (Å²) in [6.07, 6.45) is -0.303. The lowest BCUT2D eigenvalue weighted by Gasteiger charge is -2.21. The molecule has 0 amide bonds. The van der Waals surface area contributed by atoms with E-state index in [4.69, 9.17) is 16.3 Å². The molecular weight excluding hydrogens is 312 g/mol. The Balaban J connectivity index is 2.05. The average molecular weight is 325 g/mol. The van der Waals surface area contributed by atoms with Gasteiger partial charge in [-0.2, -0.15) is 16.7 Å². The minimum Gasteiger partial charge on any atom is -0.493 e. The van der Waals surface area contributed by atoms with Crippen LogP contribution in [0.2, 0.25) is 5.02 Å². The minimum absolute atomic E-state index is 0.0767. The average Bonchev–Trinajstić information content (AvgIpc) is 2.49. The summed E-state index contributed by atoms with van der Waals surface area (Å²) in [5.74, 6) is 1.64. The molecule has 1 aromatic carbocycles. The van der Waals surface area contributed by atoms with Gasteiger partial charge in [-0.15, -0.1) is 0 Å². The van der Waals surface area contributed by atoms with Crippen molar-refractivity contribution in [2.75, 3.05) is 18.1 Å². The van der Waals surface area contributed by atoms with E-state index in [2.05, 4.69) is 9.97 Å². The third-order valence-electron chi connectivity index (χ3n) is 3.18. The van der Waals surface area contributed by atoms with Crippen molar-refractivity contribution in [2.45, 2.75) is 6.10 Å². The topological polar surface area (TPSA) is 75.2 Å². The number of H-pyrrole nitrogens is 1. The highest BCUT2D eigenvalue weighted by Crippen LogP contribution is 2.31. The van der Waals surface area contributed by atoms with E-state index in [1.165, 1.54) is 0 Å². The molecule has 1 aliphatic heterocycles. The van der Waals surface area contributed by atoms with Gasteiger partial charge >= 0.3 is 0 Å². The highest BCUT2D eigenvalue weighted by molar-refractivity contribution is 7.99. The van der Waals surface area contributed by atoms with Gasteiger partial charge in [-0.1, -0.05) is 29.8 Å². The molecule has 1 aromatic heterocycles. The van der Waals surface area contributed by atoms with Crippen LogP contribution in [0, 0.1) is 0 Å². The van der Waals surface area contributed by atoms with E-state index in [-0.39, 0.29) is 17.5 Å². The molecule has 2 N–H and O–H groups in total. The van der Waals surface area contributed by atoms with Crippen molar-refractivity contribution in [1.29, 1.82) is 0 Å². The predicted molar refractivity (Wildman–Crippen MR) is 83.0 cm³/mol. The first-order chi connectivity index (χ1) is 10.2. The Bertz CT molecular complexity index is 714. The van der Waals surface area contributed by atoms with E-state index in [9.17, 15) is 9.90 Å². The molecule has 2 heterocycles. The molecule has 1 aliphatic rings. The Labute approximate surface area is 130 Å². The lowest BCUT2D eigenvalue weighted by atomic mass is 10.1. The minimum atomic E-state index is -0.426. The third kappa shape index (κ3) is 2.92. The maximum absolute atomic E-state index is 12.3. The fourth-order valence-electron chi connectivity index (χ4n) is 2.18. The molecule has 110 valence electrons. The second-order valence-corrected chi connectivity index (χ2v) is 6.12. The molecule has 1 unspecified atom stereocenters. The standard InChI is InChI=1S/C14H13ClN2O3S/c15-9-4-2-1-3-8(9)11-13(18)16-12(17-14(11)19)10-7-21-6-5-20-10/h1-4,10H,5-7H2,(H2,16,17,18,19). The van der Waals surface area contributed by atoms with Gasteiger partial charge in [0.2, 0.25) is 5.88 Å². The monoisotopic (exact) mass is 324 g/mol. The lowest BCUT2D eigenvalue weighted by molar-refractivity contribution is 0.0688. The van der Waals surface area contributed by atoms with Crippen LogP contribution >= 0.6 is 23.4 Å². The van der Waals surface area contributed by atoms with E-state index in [0.717, 1.165) is 5.75 Å². The number of halogens is 1. The summed E-state index contributed by atoms with van der Waals surface area (Å²) in [7, 11) is 0. The zero-order valence-electron chi connectivity index (χ0n) is 11.0. The normalized spacial score (nSPS) is 18.6. The molecule has 1 saturated heterocycles. The van der Waals surface area contributed by atoms with Gasteiger partial charge in [-0.05, 0) is 6.07 Å². The van der Waals surface area contributed by atoms with Crippen molar-refractivity contribution in [3.63, 3.8) is 0 Å². The number of rotatable bonds is 2. The molecule has 0 bridgehead atoms. The van der Waals surface area contributed by atoms with Gasteiger partial charge in [0.1, 0.15) is 17.5 Å². The molecular formula is C14H13ClN2O3S.